The molecular formula is C17H25N3O3S. The van der Waals surface area contributed by atoms with Gasteiger partial charge in [0.1, 0.15) is 0 Å². The van der Waals surface area contributed by atoms with Crippen LogP contribution in [0.15, 0.2) is 24.3 Å². The van der Waals surface area contributed by atoms with E-state index in [4.69, 9.17) is 0 Å². The highest BCUT2D eigenvalue weighted by Crippen LogP contribution is 2.24. The van der Waals surface area contributed by atoms with E-state index in [9.17, 15) is 13.2 Å². The third-order valence-corrected chi connectivity index (χ3v) is 6.10. The van der Waals surface area contributed by atoms with Crippen molar-refractivity contribution in [3.8, 4) is 0 Å². The third kappa shape index (κ3) is 4.08. The van der Waals surface area contributed by atoms with Crippen LogP contribution in [0.25, 0.3) is 0 Å². The minimum Gasteiger partial charge on any atom is -0.372 e. The summed E-state index contributed by atoms with van der Waals surface area (Å²) in [6.07, 6.45) is 5.11. The number of benzene rings is 1. The van der Waals surface area contributed by atoms with E-state index >= 15 is 0 Å². The lowest BCUT2D eigenvalue weighted by molar-refractivity contribution is -0.120. The molecule has 0 aliphatic carbocycles. The number of sulfonamides is 1. The van der Waals surface area contributed by atoms with E-state index in [1.807, 2.05) is 24.3 Å². The summed E-state index contributed by atoms with van der Waals surface area (Å²) in [4.78, 5) is 14.8. The van der Waals surface area contributed by atoms with Crippen molar-refractivity contribution in [2.75, 3.05) is 42.7 Å². The van der Waals surface area contributed by atoms with Gasteiger partial charge >= 0.3 is 0 Å². The Morgan fingerprint density at radius 3 is 2.38 bits per heavy atom. The molecule has 0 spiro atoms. The molecule has 1 N–H and O–H groups in total. The van der Waals surface area contributed by atoms with Crippen LogP contribution in [-0.4, -0.2) is 51.1 Å². The van der Waals surface area contributed by atoms with E-state index in [-0.39, 0.29) is 18.4 Å². The van der Waals surface area contributed by atoms with Crippen molar-refractivity contribution >= 4 is 27.3 Å². The molecule has 1 amide bonds. The van der Waals surface area contributed by atoms with Crippen LogP contribution in [0.1, 0.15) is 25.7 Å². The number of carbonyl (C=O) groups is 1. The molecule has 1 aromatic rings. The second kappa shape index (κ2) is 7.11. The van der Waals surface area contributed by atoms with Crippen molar-refractivity contribution in [3.05, 3.63) is 24.3 Å². The van der Waals surface area contributed by atoms with Gasteiger partial charge in [-0.2, -0.15) is 0 Å². The first kappa shape index (κ1) is 17.2. The van der Waals surface area contributed by atoms with E-state index in [1.54, 1.807) is 0 Å². The molecule has 0 bridgehead atoms. The molecule has 2 aliphatic rings. The summed E-state index contributed by atoms with van der Waals surface area (Å²) < 4.78 is 24.7. The molecule has 1 atom stereocenters. The van der Waals surface area contributed by atoms with Gasteiger partial charge in [-0.1, -0.05) is 0 Å². The summed E-state index contributed by atoms with van der Waals surface area (Å²) >= 11 is 0. The highest BCUT2D eigenvalue weighted by atomic mass is 32.2. The maximum atomic E-state index is 12.4. The van der Waals surface area contributed by atoms with Crippen LogP contribution in [-0.2, 0) is 14.8 Å². The second-order valence-corrected chi connectivity index (χ2v) is 8.67. The maximum absolute atomic E-state index is 12.4. The van der Waals surface area contributed by atoms with Crippen LogP contribution in [0.4, 0.5) is 11.4 Å². The van der Waals surface area contributed by atoms with Gasteiger partial charge in [0.05, 0.1) is 12.2 Å². The Bertz CT molecular complexity index is 682. The molecule has 0 saturated carbocycles. The minimum atomic E-state index is -3.23. The molecular weight excluding hydrogens is 326 g/mol. The van der Waals surface area contributed by atoms with E-state index in [1.165, 1.54) is 29.1 Å². The van der Waals surface area contributed by atoms with Crippen molar-refractivity contribution in [1.29, 1.82) is 0 Å². The van der Waals surface area contributed by atoms with Crippen molar-refractivity contribution < 1.29 is 13.2 Å². The third-order valence-electron chi connectivity index (χ3n) is 4.83. The quantitative estimate of drug-likeness (QED) is 0.899. The molecule has 24 heavy (non-hydrogen) atoms. The Morgan fingerprint density at radius 2 is 1.75 bits per heavy atom. The Balaban J connectivity index is 1.60. The van der Waals surface area contributed by atoms with Crippen LogP contribution in [0.3, 0.4) is 0 Å². The number of rotatable bonds is 4. The zero-order valence-corrected chi connectivity index (χ0v) is 14.9. The largest absolute Gasteiger partial charge is 0.372 e. The number of piperidine rings is 1. The molecule has 3 rings (SSSR count). The Hall–Kier alpha value is -1.60. The van der Waals surface area contributed by atoms with Gasteiger partial charge in [0, 0.05) is 37.6 Å². The minimum absolute atomic E-state index is 0.0997. The molecule has 6 nitrogen and oxygen atoms in total. The normalized spacial score (nSPS) is 22.5. The first-order chi connectivity index (χ1) is 11.4. The summed E-state index contributed by atoms with van der Waals surface area (Å²) in [7, 11) is -3.23. The lowest BCUT2D eigenvalue weighted by Crippen LogP contribution is -2.43. The van der Waals surface area contributed by atoms with Gasteiger partial charge in [0.2, 0.25) is 15.9 Å². The fourth-order valence-electron chi connectivity index (χ4n) is 3.43. The molecule has 2 aliphatic heterocycles. The second-order valence-electron chi connectivity index (χ2n) is 6.69. The molecule has 0 aromatic heterocycles. The molecule has 2 saturated heterocycles. The van der Waals surface area contributed by atoms with Crippen LogP contribution in [0.2, 0.25) is 0 Å². The molecule has 0 radical (unpaired) electrons. The number of hydrogen-bond donors (Lipinski definition) is 1. The first-order valence-electron chi connectivity index (χ1n) is 8.54. The van der Waals surface area contributed by atoms with E-state index in [0.29, 0.717) is 6.54 Å². The number of hydrogen-bond acceptors (Lipinski definition) is 4. The van der Waals surface area contributed by atoms with Gasteiger partial charge in [0.25, 0.3) is 0 Å². The number of nitrogens with zero attached hydrogens (tertiary/aromatic N) is 2. The predicted octanol–water partition coefficient (Wildman–Crippen LogP) is 1.90. The monoisotopic (exact) mass is 351 g/mol. The van der Waals surface area contributed by atoms with Gasteiger partial charge in [-0.15, -0.1) is 0 Å². The summed E-state index contributed by atoms with van der Waals surface area (Å²) in [6, 6.07) is 7.90. The number of amides is 1. The Kier molecular flexibility index (Phi) is 5.10. The molecule has 132 valence electrons. The predicted molar refractivity (Wildman–Crippen MR) is 95.7 cm³/mol. The van der Waals surface area contributed by atoms with Gasteiger partial charge in [-0.25, -0.2) is 12.7 Å². The average Bonchev–Trinajstić information content (AvgIpc) is 3.09. The smallest absolute Gasteiger partial charge is 0.228 e. The standard InChI is InChI=1S/C17H25N3O3S/c1-24(22,23)20-12-4-5-14(13-20)17(21)18-15-6-8-16(9-7-15)19-10-2-3-11-19/h6-9,14H,2-5,10-13H2,1H3,(H,18,21). The fraction of sp³-hybridized carbons (Fsp3) is 0.588. The van der Waals surface area contributed by atoms with Gasteiger partial charge < -0.3 is 10.2 Å². The molecule has 1 aromatic carbocycles. The summed E-state index contributed by atoms with van der Waals surface area (Å²) in [5.41, 5.74) is 1.95. The Labute approximate surface area is 143 Å². The van der Waals surface area contributed by atoms with E-state index in [0.717, 1.165) is 31.6 Å². The zero-order chi connectivity index (χ0) is 17.2. The van der Waals surface area contributed by atoms with E-state index < -0.39 is 10.0 Å². The molecule has 2 heterocycles. The highest BCUT2D eigenvalue weighted by molar-refractivity contribution is 7.88. The Morgan fingerprint density at radius 1 is 1.08 bits per heavy atom. The topological polar surface area (TPSA) is 69.7 Å². The van der Waals surface area contributed by atoms with Crippen LogP contribution in [0.5, 0.6) is 0 Å². The zero-order valence-electron chi connectivity index (χ0n) is 14.1. The number of carbonyl (C=O) groups excluding carboxylic acids is 1. The van der Waals surface area contributed by atoms with E-state index in [2.05, 4.69) is 10.2 Å². The summed E-state index contributed by atoms with van der Waals surface area (Å²) in [5.74, 6) is -0.385. The number of nitrogens with one attached hydrogen (secondary N) is 1. The summed E-state index contributed by atoms with van der Waals surface area (Å²) in [6.45, 7) is 2.97. The van der Waals surface area contributed by atoms with Crippen molar-refractivity contribution in [2.24, 2.45) is 5.92 Å². The van der Waals surface area contributed by atoms with Crippen LogP contribution >= 0.6 is 0 Å². The molecule has 1 unspecified atom stereocenters. The molecule has 2 fully saturated rings. The van der Waals surface area contributed by atoms with Crippen LogP contribution in [0, 0.1) is 5.92 Å². The summed E-state index contributed by atoms with van der Waals surface area (Å²) in [5, 5.41) is 2.92. The van der Waals surface area contributed by atoms with Crippen molar-refractivity contribution in [1.82, 2.24) is 4.31 Å². The fourth-order valence-corrected chi connectivity index (χ4v) is 4.34. The maximum Gasteiger partial charge on any atom is 0.228 e. The van der Waals surface area contributed by atoms with Gasteiger partial charge in [-0.3, -0.25) is 4.79 Å². The number of anilines is 2. The highest BCUT2D eigenvalue weighted by Gasteiger charge is 2.30. The lowest BCUT2D eigenvalue weighted by atomic mass is 9.98. The SMILES string of the molecule is CS(=O)(=O)N1CCCC(C(=O)Nc2ccc(N3CCCC3)cc2)C1. The van der Waals surface area contributed by atoms with Gasteiger partial charge in [0.15, 0.2) is 0 Å². The first-order valence-corrected chi connectivity index (χ1v) is 10.4. The lowest BCUT2D eigenvalue weighted by Gasteiger charge is -2.30. The molecule has 7 heteroatoms. The van der Waals surface area contributed by atoms with Crippen molar-refractivity contribution in [3.63, 3.8) is 0 Å². The van der Waals surface area contributed by atoms with Gasteiger partial charge in [-0.05, 0) is 49.9 Å². The van der Waals surface area contributed by atoms with Crippen LogP contribution < -0.4 is 10.2 Å². The van der Waals surface area contributed by atoms with Crippen molar-refractivity contribution in [2.45, 2.75) is 25.7 Å². The average molecular weight is 351 g/mol.